The number of thioether (sulfide) groups is 1. The number of nitrogens with two attached hydrogens (primary N) is 2. The number of carboxylic acid groups (broad SMARTS) is 1. The SMILES string of the molecule is CSCCC(NC(=O)C(N)Cc1ccc(O)cc1)C(=O)N1CCCC1C(=O)NC(CCC(N)=O)C(=O)O. The van der Waals surface area contributed by atoms with Gasteiger partial charge in [-0.1, -0.05) is 12.1 Å². The van der Waals surface area contributed by atoms with E-state index in [2.05, 4.69) is 10.6 Å². The van der Waals surface area contributed by atoms with Crippen LogP contribution in [0.5, 0.6) is 5.75 Å². The number of phenolic OH excluding ortho intramolecular Hbond substituents is 1. The Balaban J connectivity index is 2.08. The van der Waals surface area contributed by atoms with Crippen molar-refractivity contribution >= 4 is 41.4 Å². The van der Waals surface area contributed by atoms with E-state index in [1.807, 2.05) is 6.26 Å². The highest BCUT2D eigenvalue weighted by atomic mass is 32.2. The van der Waals surface area contributed by atoms with E-state index >= 15 is 0 Å². The lowest BCUT2D eigenvalue weighted by molar-refractivity contribution is -0.145. The quantitative estimate of drug-likeness (QED) is 0.178. The Hall–Kier alpha value is -3.32. The number of hydrogen-bond donors (Lipinski definition) is 6. The summed E-state index contributed by atoms with van der Waals surface area (Å²) in [5, 5.41) is 23.9. The molecule has 0 spiro atoms. The zero-order valence-corrected chi connectivity index (χ0v) is 21.5. The van der Waals surface area contributed by atoms with Crippen LogP contribution in [-0.2, 0) is 30.4 Å². The molecule has 4 atom stereocenters. The number of aliphatic carboxylic acids is 1. The number of carbonyl (C=O) groups is 5. The molecule has 37 heavy (non-hydrogen) atoms. The van der Waals surface area contributed by atoms with Gasteiger partial charge in [-0.05, 0) is 61.8 Å². The van der Waals surface area contributed by atoms with E-state index in [4.69, 9.17) is 11.5 Å². The Kier molecular flexibility index (Phi) is 11.7. The molecule has 1 aliphatic rings. The van der Waals surface area contributed by atoms with Crippen molar-refractivity contribution in [3.63, 3.8) is 0 Å². The van der Waals surface area contributed by atoms with E-state index in [1.54, 1.807) is 12.1 Å². The first-order valence-corrected chi connectivity index (χ1v) is 13.4. The monoisotopic (exact) mass is 537 g/mol. The Bertz CT molecular complexity index is 975. The molecule has 1 aromatic rings. The van der Waals surface area contributed by atoms with Crippen LogP contribution in [-0.4, -0.2) is 87.4 Å². The number of rotatable bonds is 14. The minimum atomic E-state index is -1.32. The van der Waals surface area contributed by atoms with Crippen LogP contribution >= 0.6 is 11.8 Å². The highest BCUT2D eigenvalue weighted by Crippen LogP contribution is 2.20. The maximum atomic E-state index is 13.4. The third-order valence-electron chi connectivity index (χ3n) is 6.09. The highest BCUT2D eigenvalue weighted by molar-refractivity contribution is 7.98. The van der Waals surface area contributed by atoms with E-state index < -0.39 is 53.8 Å². The van der Waals surface area contributed by atoms with E-state index in [9.17, 15) is 34.2 Å². The van der Waals surface area contributed by atoms with E-state index in [-0.39, 0.29) is 31.6 Å². The van der Waals surface area contributed by atoms with Crippen molar-refractivity contribution in [1.82, 2.24) is 15.5 Å². The lowest BCUT2D eigenvalue weighted by atomic mass is 10.0. The van der Waals surface area contributed by atoms with Crippen LogP contribution in [0.4, 0.5) is 0 Å². The molecule has 4 unspecified atom stereocenters. The van der Waals surface area contributed by atoms with Gasteiger partial charge in [-0.15, -0.1) is 0 Å². The summed E-state index contributed by atoms with van der Waals surface area (Å²) in [7, 11) is 0. The summed E-state index contributed by atoms with van der Waals surface area (Å²) in [6, 6.07) is 2.22. The van der Waals surface area contributed by atoms with Crippen LogP contribution in [0.3, 0.4) is 0 Å². The number of primary amides is 1. The lowest BCUT2D eigenvalue weighted by Gasteiger charge is -2.30. The average Bonchev–Trinajstić information content (AvgIpc) is 3.34. The summed E-state index contributed by atoms with van der Waals surface area (Å²) in [5.41, 5.74) is 11.9. The highest BCUT2D eigenvalue weighted by Gasteiger charge is 2.39. The molecule has 4 amide bonds. The molecule has 1 heterocycles. The number of phenols is 1. The second-order valence-corrected chi connectivity index (χ2v) is 9.90. The summed E-state index contributed by atoms with van der Waals surface area (Å²) in [4.78, 5) is 63.1. The molecular weight excluding hydrogens is 502 g/mol. The van der Waals surface area contributed by atoms with Crippen LogP contribution in [0, 0.1) is 0 Å². The predicted octanol–water partition coefficient (Wildman–Crippen LogP) is -0.674. The minimum absolute atomic E-state index is 0.0937. The third-order valence-corrected chi connectivity index (χ3v) is 6.73. The van der Waals surface area contributed by atoms with Crippen molar-refractivity contribution in [2.75, 3.05) is 18.6 Å². The third kappa shape index (κ3) is 9.25. The molecule has 1 aliphatic heterocycles. The van der Waals surface area contributed by atoms with Crippen molar-refractivity contribution in [1.29, 1.82) is 0 Å². The molecular formula is C24H35N5O7S. The smallest absolute Gasteiger partial charge is 0.326 e. The molecule has 1 saturated heterocycles. The van der Waals surface area contributed by atoms with Gasteiger partial charge >= 0.3 is 5.97 Å². The summed E-state index contributed by atoms with van der Waals surface area (Å²) in [5.74, 6) is -2.93. The number of nitrogens with one attached hydrogen (secondary N) is 2. The normalized spacial score (nSPS) is 17.5. The summed E-state index contributed by atoms with van der Waals surface area (Å²) >= 11 is 1.50. The molecule has 8 N–H and O–H groups in total. The maximum absolute atomic E-state index is 13.4. The van der Waals surface area contributed by atoms with Crippen molar-refractivity contribution in [2.45, 2.75) is 62.7 Å². The van der Waals surface area contributed by atoms with Gasteiger partial charge in [0.1, 0.15) is 23.9 Å². The summed E-state index contributed by atoms with van der Waals surface area (Å²) < 4.78 is 0. The Morgan fingerprint density at radius 3 is 2.38 bits per heavy atom. The van der Waals surface area contributed by atoms with E-state index in [1.165, 1.54) is 28.8 Å². The van der Waals surface area contributed by atoms with Crippen LogP contribution in [0.1, 0.15) is 37.7 Å². The van der Waals surface area contributed by atoms with Crippen LogP contribution in [0.25, 0.3) is 0 Å². The molecule has 0 bridgehead atoms. The fourth-order valence-corrected chi connectivity index (χ4v) is 4.54. The number of hydrogen-bond acceptors (Lipinski definition) is 8. The Labute approximate surface area is 219 Å². The van der Waals surface area contributed by atoms with Crippen molar-refractivity contribution in [2.24, 2.45) is 11.5 Å². The molecule has 2 rings (SSSR count). The zero-order valence-electron chi connectivity index (χ0n) is 20.7. The van der Waals surface area contributed by atoms with Gasteiger partial charge in [0.15, 0.2) is 0 Å². The van der Waals surface area contributed by atoms with Crippen LogP contribution in [0.2, 0.25) is 0 Å². The Morgan fingerprint density at radius 2 is 1.78 bits per heavy atom. The molecule has 1 fully saturated rings. The predicted molar refractivity (Wildman–Crippen MR) is 137 cm³/mol. The zero-order chi connectivity index (χ0) is 27.5. The minimum Gasteiger partial charge on any atom is -0.508 e. The van der Waals surface area contributed by atoms with Crippen LogP contribution < -0.4 is 22.1 Å². The van der Waals surface area contributed by atoms with Gasteiger partial charge in [0.05, 0.1) is 6.04 Å². The molecule has 0 radical (unpaired) electrons. The summed E-state index contributed by atoms with van der Waals surface area (Å²) in [6.07, 6.45) is 2.88. The molecule has 13 heteroatoms. The first-order valence-electron chi connectivity index (χ1n) is 12.0. The number of aromatic hydroxyl groups is 1. The summed E-state index contributed by atoms with van der Waals surface area (Å²) in [6.45, 7) is 0.279. The van der Waals surface area contributed by atoms with Gasteiger partial charge in [-0.25, -0.2) is 4.79 Å². The second-order valence-electron chi connectivity index (χ2n) is 8.91. The Morgan fingerprint density at radius 1 is 1.11 bits per heavy atom. The maximum Gasteiger partial charge on any atom is 0.326 e. The number of nitrogens with zero attached hydrogens (tertiary/aromatic N) is 1. The standard InChI is InChI=1S/C24H35N5O7S/c1-37-12-10-17(27-21(32)16(25)13-14-4-6-15(30)7-5-14)23(34)29-11-2-3-19(29)22(33)28-18(24(35)36)8-9-20(26)31/h4-7,16-19,30H,2-3,8-13,25H2,1H3,(H2,26,31)(H,27,32)(H,28,33)(H,35,36). The van der Waals surface area contributed by atoms with E-state index in [0.29, 0.717) is 25.0 Å². The largest absolute Gasteiger partial charge is 0.508 e. The van der Waals surface area contributed by atoms with Crippen LogP contribution in [0.15, 0.2) is 24.3 Å². The van der Waals surface area contributed by atoms with E-state index in [0.717, 1.165) is 5.56 Å². The number of likely N-dealkylation sites (tertiary alicyclic amines) is 1. The molecule has 0 aromatic heterocycles. The number of amides is 4. The number of benzene rings is 1. The average molecular weight is 538 g/mol. The van der Waals surface area contributed by atoms with Gasteiger partial charge in [-0.3, -0.25) is 19.2 Å². The second kappa shape index (κ2) is 14.4. The first kappa shape index (κ1) is 29.9. The van der Waals surface area contributed by atoms with Crippen molar-refractivity contribution < 1.29 is 34.2 Å². The van der Waals surface area contributed by atoms with Gasteiger partial charge in [0.2, 0.25) is 23.6 Å². The first-order chi connectivity index (χ1) is 17.5. The van der Waals surface area contributed by atoms with Gasteiger partial charge in [-0.2, -0.15) is 11.8 Å². The number of carbonyl (C=O) groups excluding carboxylic acids is 4. The molecule has 1 aromatic carbocycles. The lowest BCUT2D eigenvalue weighted by Crippen LogP contribution is -2.57. The van der Waals surface area contributed by atoms with Crippen molar-refractivity contribution in [3.05, 3.63) is 29.8 Å². The molecule has 0 aliphatic carbocycles. The van der Waals surface area contributed by atoms with Gasteiger partial charge in [0.25, 0.3) is 0 Å². The topological polar surface area (TPSA) is 205 Å². The van der Waals surface area contributed by atoms with Gasteiger partial charge in [0, 0.05) is 13.0 Å². The fourth-order valence-electron chi connectivity index (χ4n) is 4.07. The molecule has 0 saturated carbocycles. The van der Waals surface area contributed by atoms with Gasteiger partial charge < -0.3 is 37.2 Å². The number of carboxylic acids is 1. The fraction of sp³-hybridized carbons (Fsp3) is 0.542. The van der Waals surface area contributed by atoms with Crippen molar-refractivity contribution in [3.8, 4) is 5.75 Å². The molecule has 204 valence electrons. The molecule has 12 nitrogen and oxygen atoms in total.